The fourth-order valence-corrected chi connectivity index (χ4v) is 8.84. The minimum Gasteiger partial charge on any atom is -0.456 e. The quantitative estimate of drug-likeness (QED) is 0.195. The van der Waals surface area contributed by atoms with Crippen molar-refractivity contribution in [2.45, 2.75) is 5.41 Å². The molecule has 1 spiro atoms. The molecule has 0 saturated heterocycles. The second-order valence-corrected chi connectivity index (χ2v) is 13.3. The molecule has 0 saturated carbocycles. The van der Waals surface area contributed by atoms with E-state index in [1.807, 2.05) is 0 Å². The molecule has 0 N–H and O–H groups in total. The highest BCUT2D eigenvalue weighted by Crippen LogP contribution is 2.63. The smallest absolute Gasteiger partial charge is 0.137 e. The van der Waals surface area contributed by atoms with Gasteiger partial charge >= 0.3 is 0 Å². The minimum absolute atomic E-state index is 0.401. The van der Waals surface area contributed by atoms with Crippen molar-refractivity contribution in [1.82, 2.24) is 0 Å². The van der Waals surface area contributed by atoms with Gasteiger partial charge in [-0.1, -0.05) is 121 Å². The van der Waals surface area contributed by atoms with Crippen LogP contribution >= 0.6 is 0 Å². The maximum absolute atomic E-state index is 6.57. The molecule has 11 rings (SSSR count). The third kappa shape index (κ3) is 3.55. The lowest BCUT2D eigenvalue weighted by molar-refractivity contribution is 0.669. The van der Waals surface area contributed by atoms with Crippen molar-refractivity contribution in [3.63, 3.8) is 0 Å². The van der Waals surface area contributed by atoms with Crippen molar-refractivity contribution >= 4 is 49.8 Å². The van der Waals surface area contributed by atoms with Gasteiger partial charge in [0.2, 0.25) is 0 Å². The normalized spacial score (nSPS) is 13.5. The Labute approximate surface area is 284 Å². The SMILES string of the molecule is c1ccc(N(c2ccc3c(c2)C2(c4ccccc4-c4ccccc42)c2ccccc2-3)c2ccc3c(c2)oc2cc4ccccc4cc23)cc1. The molecule has 0 atom stereocenters. The molecule has 0 radical (unpaired) electrons. The van der Waals surface area contributed by atoms with E-state index >= 15 is 0 Å². The van der Waals surface area contributed by atoms with Crippen LogP contribution in [0.3, 0.4) is 0 Å². The molecule has 2 nitrogen and oxygen atoms in total. The number of rotatable bonds is 3. The first kappa shape index (κ1) is 26.7. The second-order valence-electron chi connectivity index (χ2n) is 13.3. The van der Waals surface area contributed by atoms with E-state index in [-0.39, 0.29) is 0 Å². The topological polar surface area (TPSA) is 16.4 Å². The molecule has 2 aliphatic carbocycles. The molecule has 0 unspecified atom stereocenters. The summed E-state index contributed by atoms with van der Waals surface area (Å²) in [7, 11) is 0. The first-order valence-corrected chi connectivity index (χ1v) is 16.9. The largest absolute Gasteiger partial charge is 0.456 e. The number of hydrogen-bond donors (Lipinski definition) is 0. The van der Waals surface area contributed by atoms with Gasteiger partial charge in [0.25, 0.3) is 0 Å². The van der Waals surface area contributed by atoms with Crippen LogP contribution in [0.1, 0.15) is 22.3 Å². The van der Waals surface area contributed by atoms with Crippen molar-refractivity contribution in [3.8, 4) is 22.3 Å². The first-order chi connectivity index (χ1) is 24.3. The van der Waals surface area contributed by atoms with Crippen molar-refractivity contribution < 1.29 is 4.42 Å². The van der Waals surface area contributed by atoms with Crippen LogP contribution in [-0.2, 0) is 5.41 Å². The van der Waals surface area contributed by atoms with E-state index in [4.69, 9.17) is 4.42 Å². The zero-order valence-electron chi connectivity index (χ0n) is 26.6. The van der Waals surface area contributed by atoms with Gasteiger partial charge in [-0.05, 0) is 104 Å². The van der Waals surface area contributed by atoms with Crippen LogP contribution in [0.5, 0.6) is 0 Å². The van der Waals surface area contributed by atoms with E-state index < -0.39 is 5.41 Å². The Bertz CT molecular complexity index is 2730. The predicted octanol–water partition coefficient (Wildman–Crippen LogP) is 12.6. The first-order valence-electron chi connectivity index (χ1n) is 16.9. The Hall–Kier alpha value is -6.38. The van der Waals surface area contributed by atoms with E-state index in [0.29, 0.717) is 0 Å². The van der Waals surface area contributed by atoms with Gasteiger partial charge in [-0.25, -0.2) is 0 Å². The number of nitrogens with zero attached hydrogens (tertiary/aromatic N) is 1. The molecular formula is C47H29NO. The molecule has 228 valence electrons. The van der Waals surface area contributed by atoms with Gasteiger partial charge in [0.1, 0.15) is 11.2 Å². The maximum atomic E-state index is 6.57. The van der Waals surface area contributed by atoms with Crippen molar-refractivity contribution in [1.29, 1.82) is 0 Å². The monoisotopic (exact) mass is 623 g/mol. The summed E-state index contributed by atoms with van der Waals surface area (Å²) in [5.74, 6) is 0. The highest BCUT2D eigenvalue weighted by Gasteiger charge is 2.51. The average Bonchev–Trinajstić information content (AvgIpc) is 3.77. The van der Waals surface area contributed by atoms with Crippen LogP contribution in [-0.4, -0.2) is 0 Å². The summed E-state index contributed by atoms with van der Waals surface area (Å²) in [5.41, 5.74) is 15.2. The van der Waals surface area contributed by atoms with Crippen LogP contribution in [0.15, 0.2) is 180 Å². The molecule has 9 aromatic rings. The van der Waals surface area contributed by atoms with Gasteiger partial charge in [0, 0.05) is 33.9 Å². The molecule has 0 fully saturated rings. The lowest BCUT2D eigenvalue weighted by Crippen LogP contribution is -2.26. The minimum atomic E-state index is -0.401. The predicted molar refractivity (Wildman–Crippen MR) is 202 cm³/mol. The maximum Gasteiger partial charge on any atom is 0.137 e. The number of para-hydroxylation sites is 1. The Morgan fingerprint density at radius 1 is 0.347 bits per heavy atom. The summed E-state index contributed by atoms with van der Waals surface area (Å²) < 4.78 is 6.57. The molecule has 2 aliphatic rings. The molecular weight excluding hydrogens is 595 g/mol. The molecule has 8 aromatic carbocycles. The Morgan fingerprint density at radius 2 is 0.857 bits per heavy atom. The second kappa shape index (κ2) is 9.82. The van der Waals surface area contributed by atoms with Gasteiger partial charge in [-0.2, -0.15) is 0 Å². The van der Waals surface area contributed by atoms with Crippen LogP contribution in [0.4, 0.5) is 17.1 Å². The lowest BCUT2D eigenvalue weighted by Gasteiger charge is -2.32. The van der Waals surface area contributed by atoms with Gasteiger partial charge < -0.3 is 9.32 Å². The van der Waals surface area contributed by atoms with Gasteiger partial charge in [0.15, 0.2) is 0 Å². The van der Waals surface area contributed by atoms with E-state index in [1.165, 1.54) is 55.3 Å². The van der Waals surface area contributed by atoms with Crippen LogP contribution in [0.25, 0.3) is 55.0 Å². The zero-order chi connectivity index (χ0) is 32.1. The highest BCUT2D eigenvalue weighted by atomic mass is 16.3. The fraction of sp³-hybridized carbons (Fsp3) is 0.0213. The van der Waals surface area contributed by atoms with Crippen LogP contribution < -0.4 is 4.90 Å². The van der Waals surface area contributed by atoms with Crippen LogP contribution in [0, 0.1) is 0 Å². The molecule has 2 heteroatoms. The van der Waals surface area contributed by atoms with E-state index in [9.17, 15) is 0 Å². The van der Waals surface area contributed by atoms with E-state index in [0.717, 1.165) is 39.0 Å². The summed E-state index contributed by atoms with van der Waals surface area (Å²) in [6, 6.07) is 64.2. The highest BCUT2D eigenvalue weighted by molar-refractivity contribution is 6.11. The molecule has 1 aromatic heterocycles. The Morgan fingerprint density at radius 3 is 1.53 bits per heavy atom. The Kier molecular flexibility index (Phi) is 5.34. The molecule has 1 heterocycles. The van der Waals surface area contributed by atoms with Crippen LogP contribution in [0.2, 0.25) is 0 Å². The number of fused-ring (bicyclic) bond motifs is 14. The molecule has 0 aliphatic heterocycles. The molecule has 0 bridgehead atoms. The van der Waals surface area contributed by atoms with Gasteiger partial charge in [0.05, 0.1) is 5.41 Å². The summed E-state index contributed by atoms with van der Waals surface area (Å²) in [6.45, 7) is 0. The Balaban J connectivity index is 1.16. The number of furan rings is 1. The number of hydrogen-bond acceptors (Lipinski definition) is 2. The molecule has 49 heavy (non-hydrogen) atoms. The number of anilines is 3. The van der Waals surface area contributed by atoms with Gasteiger partial charge in [-0.15, -0.1) is 0 Å². The summed E-state index contributed by atoms with van der Waals surface area (Å²) in [4.78, 5) is 2.37. The van der Waals surface area contributed by atoms with E-state index in [1.54, 1.807) is 0 Å². The van der Waals surface area contributed by atoms with Crippen molar-refractivity contribution in [2.24, 2.45) is 0 Å². The summed E-state index contributed by atoms with van der Waals surface area (Å²) in [6.07, 6.45) is 0. The van der Waals surface area contributed by atoms with Crippen molar-refractivity contribution in [3.05, 3.63) is 198 Å². The third-order valence-electron chi connectivity index (χ3n) is 10.8. The number of benzene rings is 8. The van der Waals surface area contributed by atoms with Gasteiger partial charge in [-0.3, -0.25) is 0 Å². The van der Waals surface area contributed by atoms with E-state index in [2.05, 4.69) is 181 Å². The summed E-state index contributed by atoms with van der Waals surface area (Å²) >= 11 is 0. The lowest BCUT2D eigenvalue weighted by atomic mass is 9.70. The molecule has 0 amide bonds. The average molecular weight is 624 g/mol. The standard InChI is InChI=1S/C47H29NO/c1-2-14-32(15-3-1)48(34-23-25-39-40-26-30-12-4-5-13-31(30)27-45(40)49-46(39)29-34)33-22-24-38-37-18-8-11-21-43(37)47(44(38)28-33)41-19-9-6-16-35(41)36-17-7-10-20-42(36)47/h1-29H. The zero-order valence-corrected chi connectivity index (χ0v) is 26.6. The van der Waals surface area contributed by atoms with Crippen molar-refractivity contribution in [2.75, 3.05) is 4.90 Å². The fourth-order valence-electron chi connectivity index (χ4n) is 8.84. The summed E-state index contributed by atoms with van der Waals surface area (Å²) in [5, 5.41) is 4.67. The third-order valence-corrected chi connectivity index (χ3v) is 10.8.